The van der Waals surface area contributed by atoms with Crippen LogP contribution in [0.25, 0.3) is 0 Å². The third-order valence-electron chi connectivity index (χ3n) is 6.03. The van der Waals surface area contributed by atoms with Gasteiger partial charge in [-0.1, -0.05) is 55.3 Å². The summed E-state index contributed by atoms with van der Waals surface area (Å²) in [4.78, 5) is 15.0. The molecule has 1 N–H and O–H groups in total. The van der Waals surface area contributed by atoms with Gasteiger partial charge in [-0.25, -0.2) is 4.68 Å². The molecule has 2 aliphatic rings. The molecule has 6 heteroatoms. The van der Waals surface area contributed by atoms with E-state index in [0.717, 1.165) is 30.5 Å². The Bertz CT molecular complexity index is 787. The summed E-state index contributed by atoms with van der Waals surface area (Å²) in [6.07, 6.45) is 7.91. The van der Waals surface area contributed by atoms with Gasteiger partial charge in [0.15, 0.2) is 0 Å². The maximum Gasteiger partial charge on any atom is 0.223 e. The normalized spacial score (nSPS) is 25.1. The highest BCUT2D eigenvalue weighted by molar-refractivity contribution is 5.77. The molecule has 2 fully saturated rings. The molecule has 1 aliphatic carbocycles. The summed E-state index contributed by atoms with van der Waals surface area (Å²) < 4.78 is 1.78. The smallest absolute Gasteiger partial charge is 0.223 e. The Morgan fingerprint density at radius 2 is 2.00 bits per heavy atom. The van der Waals surface area contributed by atoms with Gasteiger partial charge in [0, 0.05) is 31.5 Å². The molecule has 1 aromatic heterocycles. The van der Waals surface area contributed by atoms with E-state index in [0.29, 0.717) is 25.3 Å². The van der Waals surface area contributed by atoms with Crippen molar-refractivity contribution in [1.29, 1.82) is 0 Å². The summed E-state index contributed by atoms with van der Waals surface area (Å²) in [5, 5.41) is 19.5. The van der Waals surface area contributed by atoms with Crippen molar-refractivity contribution in [3.63, 3.8) is 0 Å². The maximum absolute atomic E-state index is 13.1. The Kier molecular flexibility index (Phi) is 5.76. The molecule has 4 rings (SSSR count). The van der Waals surface area contributed by atoms with Crippen LogP contribution in [0.1, 0.15) is 81.1 Å². The third kappa shape index (κ3) is 4.12. The van der Waals surface area contributed by atoms with Crippen LogP contribution >= 0.6 is 0 Å². The molecule has 0 spiro atoms. The molecule has 1 saturated carbocycles. The first-order chi connectivity index (χ1) is 13.7. The van der Waals surface area contributed by atoms with Crippen LogP contribution in [-0.4, -0.2) is 43.6 Å². The van der Waals surface area contributed by atoms with Gasteiger partial charge in [0.25, 0.3) is 0 Å². The minimum atomic E-state index is -0.557. The van der Waals surface area contributed by atoms with Crippen molar-refractivity contribution in [2.75, 3.05) is 6.54 Å². The van der Waals surface area contributed by atoms with Gasteiger partial charge in [-0.05, 0) is 24.8 Å². The predicted molar refractivity (Wildman–Crippen MR) is 107 cm³/mol. The van der Waals surface area contributed by atoms with Gasteiger partial charge in [-0.15, -0.1) is 5.10 Å². The molecule has 1 aromatic carbocycles. The quantitative estimate of drug-likeness (QED) is 0.743. The highest BCUT2D eigenvalue weighted by Gasteiger charge is 2.39. The summed E-state index contributed by atoms with van der Waals surface area (Å²) in [6, 6.07) is 9.73. The van der Waals surface area contributed by atoms with Gasteiger partial charge in [0.05, 0.1) is 23.9 Å². The lowest BCUT2D eigenvalue weighted by Gasteiger charge is -2.42. The zero-order valence-corrected chi connectivity index (χ0v) is 16.6. The number of aliphatic hydroxyl groups is 1. The molecular formula is C22H30N4O2. The second kappa shape index (κ2) is 8.43. The number of carbonyl (C=O) groups is 1. The molecule has 1 aliphatic heterocycles. The Labute approximate surface area is 166 Å². The van der Waals surface area contributed by atoms with Crippen LogP contribution < -0.4 is 0 Å². The van der Waals surface area contributed by atoms with E-state index < -0.39 is 6.10 Å². The summed E-state index contributed by atoms with van der Waals surface area (Å²) in [6.45, 7) is 2.62. The van der Waals surface area contributed by atoms with E-state index >= 15 is 0 Å². The standard InChI is InChI=1S/C22H30N4O2/c1-2-3-5-10-22(28)25-15-20(26-14-18(23-24-26)16-11-12-16)21(27)13-19(25)17-8-6-4-7-9-17/h4,6-9,14,16,19-21,27H,2-3,5,10-13,15H2,1H3/t19-,20-,21-/m0/s1. The first kappa shape index (κ1) is 19.1. The predicted octanol–water partition coefficient (Wildman–Crippen LogP) is 3.61. The second-order valence-electron chi connectivity index (χ2n) is 8.20. The molecule has 150 valence electrons. The van der Waals surface area contributed by atoms with Crippen LogP contribution in [-0.2, 0) is 4.79 Å². The molecule has 28 heavy (non-hydrogen) atoms. The second-order valence-corrected chi connectivity index (χ2v) is 8.20. The lowest BCUT2D eigenvalue weighted by Crippen LogP contribution is -2.48. The number of aromatic nitrogens is 3. The number of rotatable bonds is 7. The van der Waals surface area contributed by atoms with E-state index in [1.54, 1.807) is 4.68 Å². The van der Waals surface area contributed by atoms with Gasteiger partial charge in [0.1, 0.15) is 0 Å². The van der Waals surface area contributed by atoms with Crippen LogP contribution in [0.5, 0.6) is 0 Å². The van der Waals surface area contributed by atoms with Crippen molar-refractivity contribution in [3.05, 3.63) is 47.8 Å². The van der Waals surface area contributed by atoms with E-state index in [9.17, 15) is 9.90 Å². The zero-order valence-electron chi connectivity index (χ0n) is 16.6. The highest BCUT2D eigenvalue weighted by atomic mass is 16.3. The fourth-order valence-corrected chi connectivity index (χ4v) is 4.18. The molecule has 0 unspecified atom stereocenters. The highest BCUT2D eigenvalue weighted by Crippen LogP contribution is 2.40. The van der Waals surface area contributed by atoms with Crippen molar-refractivity contribution in [2.24, 2.45) is 0 Å². The number of benzene rings is 1. The fraction of sp³-hybridized carbons (Fsp3) is 0.591. The molecule has 0 bridgehead atoms. The number of hydrogen-bond donors (Lipinski definition) is 1. The van der Waals surface area contributed by atoms with Gasteiger partial charge < -0.3 is 10.0 Å². The summed E-state index contributed by atoms with van der Waals surface area (Å²) in [5.41, 5.74) is 2.10. The lowest BCUT2D eigenvalue weighted by atomic mass is 9.90. The summed E-state index contributed by atoms with van der Waals surface area (Å²) >= 11 is 0. The molecule has 3 atom stereocenters. The number of unbranched alkanes of at least 4 members (excludes halogenated alkanes) is 2. The van der Waals surface area contributed by atoms with E-state index in [-0.39, 0.29) is 18.0 Å². The van der Waals surface area contributed by atoms with Gasteiger partial charge in [0.2, 0.25) is 5.91 Å². The Morgan fingerprint density at radius 3 is 2.71 bits per heavy atom. The molecule has 1 amide bonds. The van der Waals surface area contributed by atoms with Crippen molar-refractivity contribution < 1.29 is 9.90 Å². The van der Waals surface area contributed by atoms with Crippen LogP contribution in [0.3, 0.4) is 0 Å². The van der Waals surface area contributed by atoms with E-state index in [1.165, 1.54) is 12.8 Å². The Balaban J connectivity index is 1.55. The van der Waals surface area contributed by atoms with Crippen LogP contribution in [0.4, 0.5) is 0 Å². The number of piperidine rings is 1. The maximum atomic E-state index is 13.1. The van der Waals surface area contributed by atoms with Crippen molar-refractivity contribution in [1.82, 2.24) is 19.9 Å². The first-order valence-corrected chi connectivity index (χ1v) is 10.6. The van der Waals surface area contributed by atoms with Crippen LogP contribution in [0.2, 0.25) is 0 Å². The average molecular weight is 383 g/mol. The molecule has 1 saturated heterocycles. The Hall–Kier alpha value is -2.21. The van der Waals surface area contributed by atoms with Crippen molar-refractivity contribution in [3.8, 4) is 0 Å². The van der Waals surface area contributed by atoms with E-state index in [1.807, 2.05) is 41.4 Å². The minimum absolute atomic E-state index is 0.0898. The number of likely N-dealkylation sites (tertiary alicyclic amines) is 1. The topological polar surface area (TPSA) is 71.2 Å². The fourth-order valence-electron chi connectivity index (χ4n) is 4.18. The van der Waals surface area contributed by atoms with Crippen LogP contribution in [0, 0.1) is 0 Å². The van der Waals surface area contributed by atoms with E-state index in [4.69, 9.17) is 0 Å². The molecular weight excluding hydrogens is 352 g/mol. The SMILES string of the molecule is CCCCCC(=O)N1C[C@H](n2cc(C3CC3)nn2)[C@@H](O)C[C@H]1c1ccccc1. The molecule has 2 heterocycles. The van der Waals surface area contributed by atoms with Gasteiger partial charge >= 0.3 is 0 Å². The number of hydrogen-bond acceptors (Lipinski definition) is 4. The number of carbonyl (C=O) groups excluding carboxylic acids is 1. The average Bonchev–Trinajstić information content (AvgIpc) is 3.46. The summed E-state index contributed by atoms with van der Waals surface area (Å²) in [5.74, 6) is 0.695. The largest absolute Gasteiger partial charge is 0.391 e. The molecule has 2 aromatic rings. The number of nitrogens with zero attached hydrogens (tertiary/aromatic N) is 4. The third-order valence-corrected chi connectivity index (χ3v) is 6.03. The number of aliphatic hydroxyl groups excluding tert-OH is 1. The van der Waals surface area contributed by atoms with Gasteiger partial charge in [-0.2, -0.15) is 0 Å². The summed E-state index contributed by atoms with van der Waals surface area (Å²) in [7, 11) is 0. The number of amides is 1. The van der Waals surface area contributed by atoms with Crippen molar-refractivity contribution >= 4 is 5.91 Å². The first-order valence-electron chi connectivity index (χ1n) is 10.6. The van der Waals surface area contributed by atoms with Gasteiger partial charge in [-0.3, -0.25) is 4.79 Å². The molecule has 6 nitrogen and oxygen atoms in total. The monoisotopic (exact) mass is 382 g/mol. The Morgan fingerprint density at radius 1 is 1.21 bits per heavy atom. The molecule has 0 radical (unpaired) electrons. The van der Waals surface area contributed by atoms with Crippen molar-refractivity contribution in [2.45, 2.75) is 76.0 Å². The van der Waals surface area contributed by atoms with E-state index in [2.05, 4.69) is 17.2 Å². The minimum Gasteiger partial charge on any atom is -0.391 e. The lowest BCUT2D eigenvalue weighted by molar-refractivity contribution is -0.139. The van der Waals surface area contributed by atoms with Crippen LogP contribution in [0.15, 0.2) is 36.5 Å². The zero-order chi connectivity index (χ0) is 19.5.